The molecule has 1 fully saturated rings. The van der Waals surface area contributed by atoms with Crippen LogP contribution in [0.15, 0.2) is 54.6 Å². The summed E-state index contributed by atoms with van der Waals surface area (Å²) < 4.78 is 5.86. The zero-order valence-corrected chi connectivity index (χ0v) is 20.5. The average Bonchev–Trinajstić information content (AvgIpc) is 2.89. The van der Waals surface area contributed by atoms with Crippen LogP contribution in [-0.4, -0.2) is 47.9 Å². The first kappa shape index (κ1) is 23.6. The number of carbonyl (C=O) groups is 2. The molecule has 0 saturated carbocycles. The molecule has 1 N–H and O–H groups in total. The summed E-state index contributed by atoms with van der Waals surface area (Å²) in [4.78, 5) is 32.7. The van der Waals surface area contributed by atoms with E-state index in [1.165, 1.54) is 0 Å². The summed E-state index contributed by atoms with van der Waals surface area (Å²) in [5, 5.41) is 4.69. The van der Waals surface area contributed by atoms with Crippen molar-refractivity contribution in [1.29, 1.82) is 0 Å². The van der Waals surface area contributed by atoms with Crippen LogP contribution in [0.2, 0.25) is 5.02 Å². The Morgan fingerprint density at radius 1 is 1.00 bits per heavy atom. The summed E-state index contributed by atoms with van der Waals surface area (Å²) in [5.41, 5.74) is 1.77. The van der Waals surface area contributed by atoms with E-state index >= 15 is 0 Å². The molecule has 0 unspecified atom stereocenters. The number of rotatable bonds is 1. The quantitative estimate of drug-likeness (QED) is 0.488. The third-order valence-corrected chi connectivity index (χ3v) is 7.58. The van der Waals surface area contributed by atoms with Crippen LogP contribution in [0.5, 0.6) is 5.75 Å². The van der Waals surface area contributed by atoms with Gasteiger partial charge in [0.05, 0.1) is 17.7 Å². The largest absolute Gasteiger partial charge is 0.493 e. The fourth-order valence-corrected chi connectivity index (χ4v) is 5.35. The van der Waals surface area contributed by atoms with Crippen molar-refractivity contribution in [2.45, 2.75) is 38.5 Å². The lowest BCUT2D eigenvalue weighted by atomic mass is 9.74. The van der Waals surface area contributed by atoms with Gasteiger partial charge >= 0.3 is 0 Å². The average molecular weight is 492 g/mol. The maximum absolute atomic E-state index is 13.2. The van der Waals surface area contributed by atoms with Gasteiger partial charge in [-0.25, -0.2) is 4.98 Å². The van der Waals surface area contributed by atoms with Gasteiger partial charge in [-0.1, -0.05) is 48.7 Å². The highest BCUT2D eigenvalue weighted by atomic mass is 35.5. The highest BCUT2D eigenvalue weighted by molar-refractivity contribution is 6.31. The summed E-state index contributed by atoms with van der Waals surface area (Å²) in [6.45, 7) is 2.48. The number of pyridine rings is 1. The van der Waals surface area contributed by atoms with E-state index in [0.717, 1.165) is 49.4 Å². The predicted molar refractivity (Wildman–Crippen MR) is 137 cm³/mol. The van der Waals surface area contributed by atoms with E-state index in [9.17, 15) is 9.59 Å². The molecule has 0 atom stereocenters. The number of piperidine rings is 1. The molecule has 2 aromatic carbocycles. The molecule has 2 aliphatic rings. The first-order valence-electron chi connectivity index (χ1n) is 12.4. The van der Waals surface area contributed by atoms with Gasteiger partial charge in [0.2, 0.25) is 0 Å². The zero-order valence-electron chi connectivity index (χ0n) is 19.8. The van der Waals surface area contributed by atoms with Crippen molar-refractivity contribution >= 4 is 34.3 Å². The lowest BCUT2D eigenvalue weighted by Gasteiger charge is -2.42. The number of nitrogens with one attached hydrogen (secondary N) is 1. The molecular weight excluding hydrogens is 462 g/mol. The van der Waals surface area contributed by atoms with E-state index in [-0.39, 0.29) is 17.2 Å². The molecule has 6 nitrogen and oxygen atoms in total. The number of hydrogen-bond acceptors (Lipinski definition) is 4. The van der Waals surface area contributed by atoms with E-state index in [1.54, 1.807) is 18.2 Å². The Labute approximate surface area is 210 Å². The minimum Gasteiger partial charge on any atom is -0.493 e. The third-order valence-electron chi connectivity index (χ3n) is 7.35. The van der Waals surface area contributed by atoms with Crippen LogP contribution in [0, 0.1) is 5.41 Å². The van der Waals surface area contributed by atoms with Gasteiger partial charge in [0.1, 0.15) is 11.4 Å². The van der Waals surface area contributed by atoms with E-state index < -0.39 is 0 Å². The number of halogens is 1. The molecule has 0 aliphatic carbocycles. The molecule has 3 heterocycles. The van der Waals surface area contributed by atoms with Gasteiger partial charge in [0, 0.05) is 30.0 Å². The maximum Gasteiger partial charge on any atom is 0.272 e. The molecule has 1 saturated heterocycles. The molecule has 0 radical (unpaired) electrons. The smallest absolute Gasteiger partial charge is 0.272 e. The van der Waals surface area contributed by atoms with Crippen LogP contribution in [0.3, 0.4) is 0 Å². The van der Waals surface area contributed by atoms with Crippen molar-refractivity contribution in [2.24, 2.45) is 5.41 Å². The first-order chi connectivity index (χ1) is 17.0. The summed E-state index contributed by atoms with van der Waals surface area (Å²) in [7, 11) is 0. The SMILES string of the molecule is O=C1NCC2(CCCCCOc3ccc(Cl)cc31)CCN(C(=O)c1ccc3ccccc3n1)CC2. The fraction of sp³-hybridized carbons (Fsp3) is 0.393. The van der Waals surface area contributed by atoms with Crippen LogP contribution in [0.1, 0.15) is 59.4 Å². The topological polar surface area (TPSA) is 71.5 Å². The van der Waals surface area contributed by atoms with Crippen LogP contribution in [0.4, 0.5) is 0 Å². The summed E-state index contributed by atoms with van der Waals surface area (Å²) in [5.74, 6) is 0.384. The van der Waals surface area contributed by atoms with Crippen molar-refractivity contribution in [3.05, 3.63) is 70.9 Å². The normalized spacial score (nSPS) is 18.7. The first-order valence-corrected chi connectivity index (χ1v) is 12.8. The molecule has 0 bridgehead atoms. The summed E-state index contributed by atoms with van der Waals surface area (Å²) in [6, 6.07) is 16.8. The number of hydrogen-bond donors (Lipinski definition) is 1. The minimum atomic E-state index is -0.165. The number of ether oxygens (including phenoxy) is 1. The standard InChI is InChI=1S/C28H30ClN3O3/c29-21-9-11-25-22(18-21)26(33)30-19-28(12-4-1-5-17-35-25)13-15-32(16-14-28)27(34)24-10-8-20-6-2-3-7-23(20)31-24/h2-3,6-11,18H,1,4-5,12-17,19H2,(H,30,33). The highest BCUT2D eigenvalue weighted by Gasteiger charge is 2.36. The number of likely N-dealkylation sites (tertiary alicyclic amines) is 1. The molecule has 2 amide bonds. The molecule has 1 spiro atoms. The van der Waals surface area contributed by atoms with E-state index in [1.807, 2.05) is 41.3 Å². The second-order valence-electron chi connectivity index (χ2n) is 9.66. The van der Waals surface area contributed by atoms with Crippen LogP contribution >= 0.6 is 11.6 Å². The number of fused-ring (bicyclic) bond motifs is 2. The Hall–Kier alpha value is -3.12. The van der Waals surface area contributed by atoms with Gasteiger partial charge in [-0.15, -0.1) is 0 Å². The maximum atomic E-state index is 13.2. The highest BCUT2D eigenvalue weighted by Crippen LogP contribution is 2.37. The van der Waals surface area contributed by atoms with Crippen molar-refractivity contribution in [3.63, 3.8) is 0 Å². The lowest BCUT2D eigenvalue weighted by Crippen LogP contribution is -2.48. The van der Waals surface area contributed by atoms with Gasteiger partial charge in [0.25, 0.3) is 11.8 Å². The van der Waals surface area contributed by atoms with Crippen LogP contribution in [-0.2, 0) is 0 Å². The zero-order chi connectivity index (χ0) is 24.3. The number of amides is 2. The number of benzene rings is 2. The number of para-hydroxylation sites is 1. The van der Waals surface area contributed by atoms with Crippen molar-refractivity contribution in [3.8, 4) is 5.75 Å². The van der Waals surface area contributed by atoms with E-state index in [2.05, 4.69) is 10.3 Å². The second-order valence-corrected chi connectivity index (χ2v) is 10.1. The van der Waals surface area contributed by atoms with Crippen molar-refractivity contribution < 1.29 is 14.3 Å². The Morgan fingerprint density at radius 2 is 1.83 bits per heavy atom. The van der Waals surface area contributed by atoms with Crippen molar-refractivity contribution in [2.75, 3.05) is 26.2 Å². The molecule has 35 heavy (non-hydrogen) atoms. The Kier molecular flexibility index (Phi) is 6.91. The number of aromatic nitrogens is 1. The predicted octanol–water partition coefficient (Wildman–Crippen LogP) is 5.49. The van der Waals surface area contributed by atoms with E-state index in [0.29, 0.717) is 48.3 Å². The van der Waals surface area contributed by atoms with Crippen LogP contribution < -0.4 is 10.1 Å². The second kappa shape index (κ2) is 10.2. The minimum absolute atomic E-state index is 0.0245. The van der Waals surface area contributed by atoms with Gasteiger partial charge in [-0.2, -0.15) is 0 Å². The monoisotopic (exact) mass is 491 g/mol. The Bertz CT molecular complexity index is 1240. The van der Waals surface area contributed by atoms with E-state index in [4.69, 9.17) is 16.3 Å². The van der Waals surface area contributed by atoms with Gasteiger partial charge in [-0.3, -0.25) is 9.59 Å². The third kappa shape index (κ3) is 5.27. The Balaban J connectivity index is 1.29. The summed E-state index contributed by atoms with van der Waals surface area (Å²) in [6.07, 6.45) is 5.82. The molecule has 182 valence electrons. The molecule has 1 aromatic heterocycles. The molecule has 3 aromatic rings. The molecule has 7 heteroatoms. The van der Waals surface area contributed by atoms with Crippen LogP contribution in [0.25, 0.3) is 10.9 Å². The fourth-order valence-electron chi connectivity index (χ4n) is 5.18. The molecular formula is C28H30ClN3O3. The number of carbonyl (C=O) groups excluding carboxylic acids is 2. The molecule has 5 rings (SSSR count). The van der Waals surface area contributed by atoms with Crippen molar-refractivity contribution in [1.82, 2.24) is 15.2 Å². The summed E-state index contributed by atoms with van der Waals surface area (Å²) >= 11 is 6.16. The van der Waals surface area contributed by atoms with Gasteiger partial charge < -0.3 is 15.0 Å². The Morgan fingerprint density at radius 3 is 2.69 bits per heavy atom. The number of nitrogens with zero attached hydrogens (tertiary/aromatic N) is 2. The van der Waals surface area contributed by atoms with Gasteiger partial charge in [-0.05, 0) is 61.4 Å². The van der Waals surface area contributed by atoms with Gasteiger partial charge in [0.15, 0.2) is 0 Å². The molecule has 2 aliphatic heterocycles. The lowest BCUT2D eigenvalue weighted by molar-refractivity contribution is 0.0529.